The van der Waals surface area contributed by atoms with E-state index >= 15 is 0 Å². The molecule has 1 aliphatic carbocycles. The second kappa shape index (κ2) is 9.07. The van der Waals surface area contributed by atoms with E-state index in [9.17, 15) is 4.39 Å². The summed E-state index contributed by atoms with van der Waals surface area (Å²) < 4.78 is 19.0. The Morgan fingerprint density at radius 2 is 2.10 bits per heavy atom. The fourth-order valence-corrected chi connectivity index (χ4v) is 1.82. The van der Waals surface area contributed by atoms with Crippen LogP contribution in [-0.2, 0) is 0 Å². The molecular formula is C15H23FIN3O. The summed E-state index contributed by atoms with van der Waals surface area (Å²) in [5.41, 5.74) is 0. The Hall–Kier alpha value is -1.05. The molecule has 1 fully saturated rings. The van der Waals surface area contributed by atoms with E-state index in [1.807, 2.05) is 6.92 Å². The molecule has 1 aliphatic rings. The maximum absolute atomic E-state index is 13.5. The van der Waals surface area contributed by atoms with E-state index in [4.69, 9.17) is 4.74 Å². The molecule has 1 aromatic rings. The van der Waals surface area contributed by atoms with Crippen molar-refractivity contribution < 1.29 is 9.13 Å². The number of hydrogen-bond acceptors (Lipinski definition) is 2. The van der Waals surface area contributed by atoms with Gasteiger partial charge in [-0.2, -0.15) is 0 Å². The Bertz CT molecular complexity index is 466. The van der Waals surface area contributed by atoms with Crippen molar-refractivity contribution in [3.63, 3.8) is 0 Å². The second-order valence-corrected chi connectivity index (χ2v) is 5.14. The van der Waals surface area contributed by atoms with Gasteiger partial charge in [0.2, 0.25) is 0 Å². The quantitative estimate of drug-likeness (QED) is 0.433. The van der Waals surface area contributed by atoms with Crippen LogP contribution < -0.4 is 15.4 Å². The lowest BCUT2D eigenvalue weighted by atomic mass is 10.3. The summed E-state index contributed by atoms with van der Waals surface area (Å²) in [6.45, 7) is 3.43. The number of guanidine groups is 1. The molecule has 0 aliphatic heterocycles. The zero-order chi connectivity index (χ0) is 14.4. The van der Waals surface area contributed by atoms with Gasteiger partial charge in [-0.25, -0.2) is 4.39 Å². The van der Waals surface area contributed by atoms with Gasteiger partial charge in [0.05, 0.1) is 6.54 Å². The van der Waals surface area contributed by atoms with Crippen molar-refractivity contribution in [2.75, 3.05) is 20.1 Å². The minimum atomic E-state index is -0.337. The fraction of sp³-hybridized carbons (Fsp3) is 0.533. The first-order valence-electron chi connectivity index (χ1n) is 7.04. The van der Waals surface area contributed by atoms with E-state index in [2.05, 4.69) is 15.6 Å². The number of halogens is 2. The minimum Gasteiger partial charge on any atom is -0.486 e. The van der Waals surface area contributed by atoms with Gasteiger partial charge in [-0.15, -0.1) is 24.0 Å². The lowest BCUT2D eigenvalue weighted by molar-refractivity contribution is 0.214. The van der Waals surface area contributed by atoms with Gasteiger partial charge < -0.3 is 15.4 Å². The summed E-state index contributed by atoms with van der Waals surface area (Å²) in [7, 11) is 1.74. The number of nitrogens with one attached hydrogen (secondary N) is 2. The molecule has 0 aromatic heterocycles. The molecule has 0 radical (unpaired) electrons. The SMILES string of the molecule is CN=C(NCC1CC1)NCC(C)Oc1ccccc1F.I. The van der Waals surface area contributed by atoms with Crippen LogP contribution in [0.1, 0.15) is 19.8 Å². The molecule has 1 aromatic carbocycles. The Morgan fingerprint density at radius 1 is 1.38 bits per heavy atom. The number of aliphatic imine (C=N–C) groups is 1. The minimum absolute atomic E-state index is 0. The lowest BCUT2D eigenvalue weighted by Crippen LogP contribution is -2.42. The monoisotopic (exact) mass is 407 g/mol. The summed E-state index contributed by atoms with van der Waals surface area (Å²) in [5, 5.41) is 6.45. The summed E-state index contributed by atoms with van der Waals surface area (Å²) in [6.07, 6.45) is 2.46. The van der Waals surface area contributed by atoms with E-state index in [1.165, 1.54) is 18.9 Å². The number of nitrogens with zero attached hydrogens (tertiary/aromatic N) is 1. The van der Waals surface area contributed by atoms with Gasteiger partial charge in [0.1, 0.15) is 6.10 Å². The van der Waals surface area contributed by atoms with Gasteiger partial charge in [-0.3, -0.25) is 4.99 Å². The molecule has 2 rings (SSSR count). The third-order valence-corrected chi connectivity index (χ3v) is 3.20. The van der Waals surface area contributed by atoms with Crippen LogP contribution in [0.3, 0.4) is 0 Å². The third-order valence-electron chi connectivity index (χ3n) is 3.20. The van der Waals surface area contributed by atoms with Crippen molar-refractivity contribution in [2.24, 2.45) is 10.9 Å². The summed E-state index contributed by atoms with van der Waals surface area (Å²) in [5.74, 6) is 1.50. The van der Waals surface area contributed by atoms with Crippen LogP contribution in [0, 0.1) is 11.7 Å². The zero-order valence-corrected chi connectivity index (χ0v) is 14.8. The predicted octanol–water partition coefficient (Wildman–Crippen LogP) is 2.79. The van der Waals surface area contributed by atoms with E-state index in [1.54, 1.807) is 25.2 Å². The highest BCUT2D eigenvalue weighted by atomic mass is 127. The molecule has 4 nitrogen and oxygen atoms in total. The standard InChI is InChI=1S/C15H22FN3O.HI/c1-11(20-14-6-4-3-5-13(14)16)9-18-15(17-2)19-10-12-7-8-12;/h3-6,11-12H,7-10H2,1-2H3,(H2,17,18,19);1H. The van der Waals surface area contributed by atoms with Crippen molar-refractivity contribution >= 4 is 29.9 Å². The Labute approximate surface area is 142 Å². The van der Waals surface area contributed by atoms with Crippen molar-refractivity contribution in [1.29, 1.82) is 0 Å². The molecule has 1 atom stereocenters. The summed E-state index contributed by atoms with van der Waals surface area (Å²) in [6, 6.07) is 6.43. The fourth-order valence-electron chi connectivity index (χ4n) is 1.82. The van der Waals surface area contributed by atoms with Gasteiger partial charge in [-0.05, 0) is 37.8 Å². The molecular weight excluding hydrogens is 384 g/mol. The van der Waals surface area contributed by atoms with Crippen LogP contribution in [-0.4, -0.2) is 32.2 Å². The molecule has 0 heterocycles. The molecule has 118 valence electrons. The number of rotatable bonds is 6. The van der Waals surface area contributed by atoms with Gasteiger partial charge >= 0.3 is 0 Å². The zero-order valence-electron chi connectivity index (χ0n) is 12.4. The number of para-hydroxylation sites is 1. The van der Waals surface area contributed by atoms with Crippen LogP contribution in [0.2, 0.25) is 0 Å². The topological polar surface area (TPSA) is 45.7 Å². The Balaban J connectivity index is 0.00000220. The van der Waals surface area contributed by atoms with Crippen LogP contribution in [0.15, 0.2) is 29.3 Å². The Morgan fingerprint density at radius 3 is 2.71 bits per heavy atom. The molecule has 0 amide bonds. The van der Waals surface area contributed by atoms with Crippen LogP contribution >= 0.6 is 24.0 Å². The van der Waals surface area contributed by atoms with E-state index < -0.39 is 0 Å². The largest absolute Gasteiger partial charge is 0.486 e. The van der Waals surface area contributed by atoms with Crippen molar-refractivity contribution in [3.8, 4) is 5.75 Å². The third kappa shape index (κ3) is 6.50. The van der Waals surface area contributed by atoms with Crippen LogP contribution in [0.5, 0.6) is 5.75 Å². The molecule has 0 bridgehead atoms. The highest BCUT2D eigenvalue weighted by Crippen LogP contribution is 2.27. The smallest absolute Gasteiger partial charge is 0.191 e. The van der Waals surface area contributed by atoms with Gasteiger partial charge in [0.25, 0.3) is 0 Å². The first kappa shape index (κ1) is 18.0. The van der Waals surface area contributed by atoms with E-state index in [-0.39, 0.29) is 41.6 Å². The first-order chi connectivity index (χ1) is 9.69. The highest BCUT2D eigenvalue weighted by molar-refractivity contribution is 14.0. The average Bonchev–Trinajstić information content (AvgIpc) is 3.26. The number of hydrogen-bond donors (Lipinski definition) is 2. The molecule has 0 saturated heterocycles. The summed E-state index contributed by atoms with van der Waals surface area (Å²) in [4.78, 5) is 4.15. The highest BCUT2D eigenvalue weighted by Gasteiger charge is 2.21. The molecule has 2 N–H and O–H groups in total. The lowest BCUT2D eigenvalue weighted by Gasteiger charge is -2.18. The Kier molecular flexibility index (Phi) is 7.77. The van der Waals surface area contributed by atoms with E-state index in [0.29, 0.717) is 6.54 Å². The number of benzene rings is 1. The predicted molar refractivity (Wildman–Crippen MR) is 94.0 cm³/mol. The van der Waals surface area contributed by atoms with Crippen LogP contribution in [0.4, 0.5) is 4.39 Å². The van der Waals surface area contributed by atoms with Gasteiger partial charge in [-0.1, -0.05) is 12.1 Å². The normalized spacial score (nSPS) is 15.9. The van der Waals surface area contributed by atoms with Gasteiger partial charge in [0, 0.05) is 13.6 Å². The maximum Gasteiger partial charge on any atom is 0.191 e. The van der Waals surface area contributed by atoms with Crippen molar-refractivity contribution in [2.45, 2.75) is 25.9 Å². The number of ether oxygens (including phenoxy) is 1. The van der Waals surface area contributed by atoms with E-state index in [0.717, 1.165) is 18.4 Å². The second-order valence-electron chi connectivity index (χ2n) is 5.14. The van der Waals surface area contributed by atoms with Crippen molar-refractivity contribution in [3.05, 3.63) is 30.1 Å². The maximum atomic E-state index is 13.5. The molecule has 21 heavy (non-hydrogen) atoms. The molecule has 6 heteroatoms. The molecule has 0 spiro atoms. The average molecular weight is 407 g/mol. The van der Waals surface area contributed by atoms with Crippen LogP contribution in [0.25, 0.3) is 0 Å². The summed E-state index contributed by atoms with van der Waals surface area (Å²) >= 11 is 0. The van der Waals surface area contributed by atoms with Gasteiger partial charge in [0.15, 0.2) is 17.5 Å². The molecule has 1 unspecified atom stereocenters. The molecule has 1 saturated carbocycles. The van der Waals surface area contributed by atoms with Crippen molar-refractivity contribution in [1.82, 2.24) is 10.6 Å². The first-order valence-corrected chi connectivity index (χ1v) is 7.04.